The van der Waals surface area contributed by atoms with Crippen molar-refractivity contribution in [1.82, 2.24) is 4.90 Å². The van der Waals surface area contributed by atoms with Crippen LogP contribution in [0.15, 0.2) is 46.3 Å². The Kier molecular flexibility index (Phi) is 7.56. The number of carbonyl (C=O) groups is 1. The van der Waals surface area contributed by atoms with Crippen molar-refractivity contribution in [3.8, 4) is 0 Å². The van der Waals surface area contributed by atoms with E-state index < -0.39 is 0 Å². The van der Waals surface area contributed by atoms with Crippen molar-refractivity contribution >= 4 is 45.6 Å². The second-order valence-corrected chi connectivity index (χ2v) is 7.67. The first-order valence-electron chi connectivity index (χ1n) is 6.78. The maximum atomic E-state index is 12.5. The van der Waals surface area contributed by atoms with Crippen LogP contribution in [-0.4, -0.2) is 17.9 Å². The Balaban J connectivity index is 0.00000242. The second kappa shape index (κ2) is 8.67. The fraction of sp³-hybridized carbons (Fsp3) is 0.312. The second-order valence-electron chi connectivity index (χ2n) is 5.13. The lowest BCUT2D eigenvalue weighted by molar-refractivity contribution is -0.134. The molecule has 1 aromatic carbocycles. The summed E-state index contributed by atoms with van der Waals surface area (Å²) in [6.45, 7) is 2.50. The molecule has 1 aromatic heterocycles. The lowest BCUT2D eigenvalue weighted by atomic mass is 9.94. The van der Waals surface area contributed by atoms with Gasteiger partial charge in [0.25, 0.3) is 0 Å². The molecule has 0 spiro atoms. The average molecular weight is 404 g/mol. The fourth-order valence-corrected chi connectivity index (χ4v) is 3.75. The molecule has 1 heterocycles. The molecule has 3 nitrogen and oxygen atoms in total. The Morgan fingerprint density at radius 3 is 2.45 bits per heavy atom. The summed E-state index contributed by atoms with van der Waals surface area (Å²) in [4.78, 5) is 15.4. The van der Waals surface area contributed by atoms with Crippen LogP contribution in [0.3, 0.4) is 0 Å². The summed E-state index contributed by atoms with van der Waals surface area (Å²) >= 11 is 5.08. The van der Waals surface area contributed by atoms with Gasteiger partial charge in [0.1, 0.15) is 0 Å². The van der Waals surface area contributed by atoms with Gasteiger partial charge in [0.05, 0.1) is 16.2 Å². The predicted octanol–water partition coefficient (Wildman–Crippen LogP) is 4.23. The summed E-state index contributed by atoms with van der Waals surface area (Å²) < 4.78 is 1.08. The lowest BCUT2D eigenvalue weighted by Gasteiger charge is -2.25. The molecule has 2 aromatic rings. The van der Waals surface area contributed by atoms with E-state index in [0.717, 1.165) is 14.2 Å². The molecule has 0 bridgehead atoms. The molecule has 22 heavy (non-hydrogen) atoms. The minimum atomic E-state index is -0.281. The molecule has 2 atom stereocenters. The van der Waals surface area contributed by atoms with Crippen molar-refractivity contribution in [2.75, 3.05) is 7.05 Å². The third-order valence-corrected chi connectivity index (χ3v) is 5.12. The van der Waals surface area contributed by atoms with E-state index in [-0.39, 0.29) is 30.3 Å². The van der Waals surface area contributed by atoms with Crippen LogP contribution in [0, 0.1) is 5.92 Å². The SMILES string of the molecule is CC(C(=O)N(C)Cc1ccc(Br)s1)C(N)c1ccccc1.Cl. The molecule has 2 rings (SSSR count). The Hall–Kier alpha value is -0.880. The summed E-state index contributed by atoms with van der Waals surface area (Å²) in [7, 11) is 1.82. The molecular weight excluding hydrogens is 384 g/mol. The maximum Gasteiger partial charge on any atom is 0.227 e. The molecule has 2 N–H and O–H groups in total. The van der Waals surface area contributed by atoms with Crippen LogP contribution in [0.2, 0.25) is 0 Å². The van der Waals surface area contributed by atoms with Crippen LogP contribution < -0.4 is 5.73 Å². The number of nitrogens with zero attached hydrogens (tertiary/aromatic N) is 1. The highest BCUT2D eigenvalue weighted by atomic mass is 79.9. The van der Waals surface area contributed by atoms with E-state index in [2.05, 4.69) is 15.9 Å². The lowest BCUT2D eigenvalue weighted by Crippen LogP contribution is -2.36. The molecule has 0 fully saturated rings. The van der Waals surface area contributed by atoms with Crippen LogP contribution in [-0.2, 0) is 11.3 Å². The van der Waals surface area contributed by atoms with E-state index in [4.69, 9.17) is 5.73 Å². The highest BCUT2D eigenvalue weighted by molar-refractivity contribution is 9.11. The Morgan fingerprint density at radius 1 is 1.27 bits per heavy atom. The number of amides is 1. The molecule has 0 aliphatic rings. The average Bonchev–Trinajstić information content (AvgIpc) is 2.90. The zero-order valence-corrected chi connectivity index (χ0v) is 15.7. The minimum absolute atomic E-state index is 0. The van der Waals surface area contributed by atoms with Crippen LogP contribution >= 0.6 is 39.7 Å². The Labute approximate surface area is 150 Å². The summed E-state index contributed by atoms with van der Waals surface area (Å²) in [5.74, 6) is -0.184. The van der Waals surface area contributed by atoms with Gasteiger partial charge in [0, 0.05) is 18.0 Å². The molecular formula is C16H20BrClN2OS. The third-order valence-electron chi connectivity index (χ3n) is 3.51. The number of thiophene rings is 1. The summed E-state index contributed by atoms with van der Waals surface area (Å²) in [5, 5.41) is 0. The zero-order chi connectivity index (χ0) is 15.4. The van der Waals surface area contributed by atoms with E-state index in [0.29, 0.717) is 6.54 Å². The van der Waals surface area contributed by atoms with Gasteiger partial charge in [-0.05, 0) is 33.6 Å². The van der Waals surface area contributed by atoms with Crippen LogP contribution in [0.4, 0.5) is 0 Å². The highest BCUT2D eigenvalue weighted by Gasteiger charge is 2.25. The van der Waals surface area contributed by atoms with E-state index >= 15 is 0 Å². The predicted molar refractivity (Wildman–Crippen MR) is 98.3 cm³/mol. The number of halogens is 2. The Bertz CT molecular complexity index is 605. The monoisotopic (exact) mass is 402 g/mol. The van der Waals surface area contributed by atoms with Crippen molar-refractivity contribution in [1.29, 1.82) is 0 Å². The highest BCUT2D eigenvalue weighted by Crippen LogP contribution is 2.25. The van der Waals surface area contributed by atoms with Crippen LogP contribution in [0.1, 0.15) is 23.4 Å². The summed E-state index contributed by atoms with van der Waals surface area (Å²) in [6, 6.07) is 13.5. The number of hydrogen-bond acceptors (Lipinski definition) is 3. The molecule has 120 valence electrons. The van der Waals surface area contributed by atoms with Gasteiger partial charge < -0.3 is 10.6 Å². The van der Waals surface area contributed by atoms with Gasteiger partial charge in [-0.3, -0.25) is 4.79 Å². The third kappa shape index (κ3) is 4.81. The molecule has 0 saturated heterocycles. The van der Waals surface area contributed by atoms with Crippen molar-refractivity contribution in [2.24, 2.45) is 11.7 Å². The van der Waals surface area contributed by atoms with Gasteiger partial charge in [-0.1, -0.05) is 37.3 Å². The molecule has 0 aliphatic carbocycles. The van der Waals surface area contributed by atoms with Gasteiger partial charge in [-0.2, -0.15) is 0 Å². The van der Waals surface area contributed by atoms with Crippen LogP contribution in [0.25, 0.3) is 0 Å². The largest absolute Gasteiger partial charge is 0.340 e. The smallest absolute Gasteiger partial charge is 0.227 e. The van der Waals surface area contributed by atoms with E-state index in [1.54, 1.807) is 16.2 Å². The zero-order valence-electron chi connectivity index (χ0n) is 12.5. The minimum Gasteiger partial charge on any atom is -0.340 e. The van der Waals surface area contributed by atoms with Gasteiger partial charge >= 0.3 is 0 Å². The maximum absolute atomic E-state index is 12.5. The van der Waals surface area contributed by atoms with E-state index in [1.807, 2.05) is 56.4 Å². The first-order chi connectivity index (χ1) is 9.99. The van der Waals surface area contributed by atoms with E-state index in [9.17, 15) is 4.79 Å². The standard InChI is InChI=1S/C16H19BrN2OS.ClH/c1-11(15(18)12-6-4-3-5-7-12)16(20)19(2)10-13-8-9-14(17)21-13;/h3-9,11,15H,10,18H2,1-2H3;1H. The molecule has 2 unspecified atom stereocenters. The molecule has 0 saturated carbocycles. The van der Waals surface area contributed by atoms with Crippen molar-refractivity contribution in [3.05, 3.63) is 56.7 Å². The van der Waals surface area contributed by atoms with Crippen molar-refractivity contribution in [2.45, 2.75) is 19.5 Å². The molecule has 0 aliphatic heterocycles. The van der Waals surface area contributed by atoms with Gasteiger partial charge in [-0.15, -0.1) is 23.7 Å². The number of hydrogen-bond donors (Lipinski definition) is 1. The van der Waals surface area contributed by atoms with Gasteiger partial charge in [0.2, 0.25) is 5.91 Å². The fourth-order valence-electron chi connectivity index (χ4n) is 2.21. The van der Waals surface area contributed by atoms with Crippen molar-refractivity contribution < 1.29 is 4.79 Å². The molecule has 1 amide bonds. The summed E-state index contributed by atoms with van der Waals surface area (Å²) in [5.41, 5.74) is 7.21. The summed E-state index contributed by atoms with van der Waals surface area (Å²) in [6.07, 6.45) is 0. The molecule has 6 heteroatoms. The van der Waals surface area contributed by atoms with Crippen LogP contribution in [0.5, 0.6) is 0 Å². The van der Waals surface area contributed by atoms with Gasteiger partial charge in [0.15, 0.2) is 0 Å². The van der Waals surface area contributed by atoms with Gasteiger partial charge in [-0.25, -0.2) is 0 Å². The number of nitrogens with two attached hydrogens (primary N) is 1. The Morgan fingerprint density at radius 2 is 1.91 bits per heavy atom. The quantitative estimate of drug-likeness (QED) is 0.812. The van der Waals surface area contributed by atoms with E-state index in [1.165, 1.54) is 0 Å². The number of benzene rings is 1. The topological polar surface area (TPSA) is 46.3 Å². The first-order valence-corrected chi connectivity index (χ1v) is 8.39. The number of rotatable bonds is 5. The molecule has 0 radical (unpaired) electrons. The van der Waals surface area contributed by atoms with Crippen molar-refractivity contribution in [3.63, 3.8) is 0 Å². The normalized spacial score (nSPS) is 13.1. The number of carbonyl (C=O) groups excluding carboxylic acids is 1. The first kappa shape index (κ1) is 19.2.